The molecule has 19 heavy (non-hydrogen) atoms. The third kappa shape index (κ3) is 3.49. The third-order valence-electron chi connectivity index (χ3n) is 2.08. The first-order valence-corrected chi connectivity index (χ1v) is 5.27. The number of nitrogens with two attached hydrogens (primary N) is 1. The van der Waals surface area contributed by atoms with Crippen LogP contribution in [0, 0.1) is 11.6 Å². The van der Waals surface area contributed by atoms with Crippen molar-refractivity contribution in [2.45, 2.75) is 20.0 Å². The van der Waals surface area contributed by atoms with Crippen LogP contribution in [0.4, 0.5) is 23.2 Å². The van der Waals surface area contributed by atoms with Gasteiger partial charge in [-0.1, -0.05) is 6.92 Å². The summed E-state index contributed by atoms with van der Waals surface area (Å²) in [5.74, 6) is -5.08. The van der Waals surface area contributed by atoms with Crippen LogP contribution in [0.25, 0.3) is 0 Å². The molecular formula is C11H11F4NO3. The highest BCUT2D eigenvalue weighted by Crippen LogP contribution is 2.30. The summed E-state index contributed by atoms with van der Waals surface area (Å²) in [6, 6.07) is 0.341. The van der Waals surface area contributed by atoms with Gasteiger partial charge in [-0.3, -0.25) is 0 Å². The average molecular weight is 281 g/mol. The maximum absolute atomic E-state index is 13.7. The Morgan fingerprint density at radius 3 is 2.58 bits per heavy atom. The van der Waals surface area contributed by atoms with E-state index in [4.69, 9.17) is 5.73 Å². The molecule has 0 spiro atoms. The van der Waals surface area contributed by atoms with E-state index in [1.165, 1.54) is 0 Å². The Labute approximate surface area is 106 Å². The normalized spacial score (nSPS) is 10.6. The fraction of sp³-hybridized carbons (Fsp3) is 0.364. The predicted octanol–water partition coefficient (Wildman–Crippen LogP) is 2.72. The first-order valence-electron chi connectivity index (χ1n) is 5.27. The minimum Gasteiger partial charge on any atom is -0.462 e. The van der Waals surface area contributed by atoms with Gasteiger partial charge < -0.3 is 15.2 Å². The van der Waals surface area contributed by atoms with Crippen molar-refractivity contribution in [3.8, 4) is 5.75 Å². The number of carbonyl (C=O) groups excluding carboxylic acids is 1. The van der Waals surface area contributed by atoms with Crippen molar-refractivity contribution in [2.24, 2.45) is 0 Å². The van der Waals surface area contributed by atoms with E-state index < -0.39 is 41.2 Å². The van der Waals surface area contributed by atoms with E-state index in [0.29, 0.717) is 12.5 Å². The largest absolute Gasteiger partial charge is 0.462 e. The lowest BCUT2D eigenvalue weighted by molar-refractivity contribution is -0.0525. The Bertz CT molecular complexity index is 479. The van der Waals surface area contributed by atoms with Crippen molar-refractivity contribution < 1.29 is 31.8 Å². The molecule has 0 atom stereocenters. The first-order chi connectivity index (χ1) is 8.88. The molecule has 0 aliphatic heterocycles. The molecule has 0 unspecified atom stereocenters. The summed E-state index contributed by atoms with van der Waals surface area (Å²) in [7, 11) is 0. The zero-order valence-electron chi connectivity index (χ0n) is 9.88. The quantitative estimate of drug-likeness (QED) is 0.512. The van der Waals surface area contributed by atoms with Crippen LogP contribution >= 0.6 is 0 Å². The molecule has 0 amide bonds. The number of hydrogen-bond acceptors (Lipinski definition) is 4. The third-order valence-corrected chi connectivity index (χ3v) is 2.08. The molecule has 1 aromatic carbocycles. The fourth-order valence-electron chi connectivity index (χ4n) is 1.27. The van der Waals surface area contributed by atoms with Crippen molar-refractivity contribution in [1.29, 1.82) is 0 Å². The number of carbonyl (C=O) groups is 1. The molecule has 1 rings (SSSR count). The highest BCUT2D eigenvalue weighted by molar-refractivity contribution is 5.96. The van der Waals surface area contributed by atoms with E-state index >= 15 is 0 Å². The van der Waals surface area contributed by atoms with Gasteiger partial charge in [-0.15, -0.1) is 0 Å². The topological polar surface area (TPSA) is 61.5 Å². The first kappa shape index (κ1) is 15.1. The van der Waals surface area contributed by atoms with E-state index in [1.54, 1.807) is 6.92 Å². The molecule has 8 heteroatoms. The summed E-state index contributed by atoms with van der Waals surface area (Å²) in [6.45, 7) is -1.72. The molecule has 0 heterocycles. The summed E-state index contributed by atoms with van der Waals surface area (Å²) in [5.41, 5.74) is 3.42. The van der Waals surface area contributed by atoms with Crippen LogP contribution in [0.1, 0.15) is 23.7 Å². The summed E-state index contributed by atoms with van der Waals surface area (Å²) in [5, 5.41) is 0. The molecule has 106 valence electrons. The number of ether oxygens (including phenoxy) is 2. The smallest absolute Gasteiger partial charge is 0.387 e. The van der Waals surface area contributed by atoms with Crippen molar-refractivity contribution in [3.05, 3.63) is 23.3 Å². The molecule has 4 nitrogen and oxygen atoms in total. The summed E-state index contributed by atoms with van der Waals surface area (Å²) in [4.78, 5) is 11.5. The zero-order valence-corrected chi connectivity index (χ0v) is 9.88. The van der Waals surface area contributed by atoms with Crippen LogP contribution in [-0.2, 0) is 4.74 Å². The molecule has 0 aliphatic carbocycles. The lowest BCUT2D eigenvalue weighted by Crippen LogP contribution is -2.15. The lowest BCUT2D eigenvalue weighted by atomic mass is 10.1. The van der Waals surface area contributed by atoms with Crippen LogP contribution < -0.4 is 10.5 Å². The number of rotatable bonds is 5. The predicted molar refractivity (Wildman–Crippen MR) is 58.0 cm³/mol. The minimum atomic E-state index is -3.36. The number of benzene rings is 1. The Balaban J connectivity index is 3.21. The van der Waals surface area contributed by atoms with Crippen LogP contribution in [0.15, 0.2) is 6.07 Å². The van der Waals surface area contributed by atoms with Crippen molar-refractivity contribution in [3.63, 3.8) is 0 Å². The van der Waals surface area contributed by atoms with Crippen molar-refractivity contribution in [1.82, 2.24) is 0 Å². The van der Waals surface area contributed by atoms with Gasteiger partial charge >= 0.3 is 12.6 Å². The van der Waals surface area contributed by atoms with Crippen LogP contribution in [-0.4, -0.2) is 19.2 Å². The monoisotopic (exact) mass is 281 g/mol. The van der Waals surface area contributed by atoms with Crippen molar-refractivity contribution >= 4 is 11.7 Å². The van der Waals surface area contributed by atoms with Gasteiger partial charge in [0.25, 0.3) is 0 Å². The molecule has 0 bridgehead atoms. The van der Waals surface area contributed by atoms with E-state index in [-0.39, 0.29) is 6.61 Å². The van der Waals surface area contributed by atoms with Gasteiger partial charge in [0.2, 0.25) is 0 Å². The maximum atomic E-state index is 13.7. The average Bonchev–Trinajstić information content (AvgIpc) is 2.33. The summed E-state index contributed by atoms with van der Waals surface area (Å²) in [6.07, 6.45) is 0.447. The summed E-state index contributed by atoms with van der Waals surface area (Å²) < 4.78 is 59.4. The second kappa shape index (κ2) is 6.26. The Morgan fingerprint density at radius 2 is 2.05 bits per heavy atom. The number of esters is 1. The Kier molecular flexibility index (Phi) is 4.96. The number of anilines is 1. The highest BCUT2D eigenvalue weighted by atomic mass is 19.3. The van der Waals surface area contributed by atoms with Crippen LogP contribution in [0.3, 0.4) is 0 Å². The SMILES string of the molecule is CCCOC(=O)c1c(N)c(F)cc(OC(F)F)c1F. The van der Waals surface area contributed by atoms with Crippen molar-refractivity contribution in [2.75, 3.05) is 12.3 Å². The maximum Gasteiger partial charge on any atom is 0.387 e. The number of nitrogen functional groups attached to an aromatic ring is 1. The number of alkyl halides is 2. The van der Waals surface area contributed by atoms with Gasteiger partial charge in [-0.2, -0.15) is 8.78 Å². The van der Waals surface area contributed by atoms with E-state index in [2.05, 4.69) is 9.47 Å². The standard InChI is InChI=1S/C11H11F4NO3/c1-2-3-18-10(17)7-8(13)6(19-11(14)15)4-5(12)9(7)16/h4,11H,2-3,16H2,1H3. The molecule has 0 saturated carbocycles. The molecule has 0 saturated heterocycles. The Morgan fingerprint density at radius 1 is 1.42 bits per heavy atom. The second-order valence-corrected chi connectivity index (χ2v) is 3.47. The lowest BCUT2D eigenvalue weighted by Gasteiger charge is -2.12. The Hall–Kier alpha value is -1.99. The van der Waals surface area contributed by atoms with Gasteiger partial charge in [-0.25, -0.2) is 13.6 Å². The van der Waals surface area contributed by atoms with Gasteiger partial charge in [-0.05, 0) is 6.42 Å². The van der Waals surface area contributed by atoms with Crippen LogP contribution in [0.5, 0.6) is 5.75 Å². The highest BCUT2D eigenvalue weighted by Gasteiger charge is 2.25. The molecule has 0 radical (unpaired) electrons. The molecule has 2 N–H and O–H groups in total. The van der Waals surface area contributed by atoms with E-state index in [9.17, 15) is 22.4 Å². The molecular weight excluding hydrogens is 270 g/mol. The minimum absolute atomic E-state index is 0.0424. The van der Waals surface area contributed by atoms with Gasteiger partial charge in [0.15, 0.2) is 17.4 Å². The van der Waals surface area contributed by atoms with Gasteiger partial charge in [0, 0.05) is 6.07 Å². The number of hydrogen-bond donors (Lipinski definition) is 1. The number of halogens is 4. The van der Waals surface area contributed by atoms with E-state index in [0.717, 1.165) is 0 Å². The van der Waals surface area contributed by atoms with Gasteiger partial charge in [0.1, 0.15) is 5.56 Å². The molecule has 0 fully saturated rings. The summed E-state index contributed by atoms with van der Waals surface area (Å²) >= 11 is 0. The zero-order chi connectivity index (χ0) is 14.6. The fourth-order valence-corrected chi connectivity index (χ4v) is 1.27. The molecule has 0 aromatic heterocycles. The van der Waals surface area contributed by atoms with Crippen LogP contribution in [0.2, 0.25) is 0 Å². The molecule has 1 aromatic rings. The van der Waals surface area contributed by atoms with Gasteiger partial charge in [0.05, 0.1) is 12.3 Å². The second-order valence-electron chi connectivity index (χ2n) is 3.47. The molecule has 0 aliphatic rings. The van der Waals surface area contributed by atoms with E-state index in [1.807, 2.05) is 0 Å².